The predicted molar refractivity (Wildman–Crippen MR) is 63.4 cm³/mol. The average molecular weight is 228 g/mol. The summed E-state index contributed by atoms with van der Waals surface area (Å²) in [6, 6.07) is 7.90. The lowest BCUT2D eigenvalue weighted by atomic mass is 9.97. The molecule has 1 unspecified atom stereocenters. The number of aromatic nitrogens is 1. The second-order valence-corrected chi connectivity index (χ2v) is 4.38. The molecule has 17 heavy (non-hydrogen) atoms. The van der Waals surface area contributed by atoms with Crippen LogP contribution in [0.4, 0.5) is 0 Å². The van der Waals surface area contributed by atoms with Gasteiger partial charge in [-0.25, -0.2) is 0 Å². The predicted octanol–water partition coefficient (Wildman–Crippen LogP) is 1.31. The smallest absolute Gasteiger partial charge is 0.234 e. The highest BCUT2D eigenvalue weighted by atomic mass is 16.2. The van der Waals surface area contributed by atoms with Crippen LogP contribution < -0.4 is 5.32 Å². The number of amides is 2. The van der Waals surface area contributed by atoms with E-state index in [1.807, 2.05) is 42.1 Å². The second-order valence-electron chi connectivity index (χ2n) is 4.38. The van der Waals surface area contributed by atoms with Crippen LogP contribution in [0.5, 0.6) is 0 Å². The summed E-state index contributed by atoms with van der Waals surface area (Å²) in [6.45, 7) is 0. The molecule has 1 atom stereocenters. The molecule has 0 bridgehead atoms. The third-order valence-electron chi connectivity index (χ3n) is 3.27. The normalized spacial score (nSPS) is 19.9. The Balaban J connectivity index is 2.18. The Kier molecular flexibility index (Phi) is 2.04. The summed E-state index contributed by atoms with van der Waals surface area (Å²) in [4.78, 5) is 22.9. The van der Waals surface area contributed by atoms with Crippen LogP contribution in [0.1, 0.15) is 17.9 Å². The molecule has 1 aliphatic rings. The van der Waals surface area contributed by atoms with Crippen molar-refractivity contribution < 1.29 is 9.59 Å². The van der Waals surface area contributed by atoms with Gasteiger partial charge in [-0.1, -0.05) is 18.2 Å². The lowest BCUT2D eigenvalue weighted by molar-refractivity contribution is -0.125. The molecule has 1 N–H and O–H groups in total. The lowest BCUT2D eigenvalue weighted by Gasteiger charge is -2.03. The fourth-order valence-electron chi connectivity index (χ4n) is 2.46. The van der Waals surface area contributed by atoms with E-state index < -0.39 is 0 Å². The van der Waals surface area contributed by atoms with Crippen molar-refractivity contribution in [2.75, 3.05) is 0 Å². The van der Waals surface area contributed by atoms with E-state index in [-0.39, 0.29) is 24.2 Å². The van der Waals surface area contributed by atoms with E-state index in [0.717, 1.165) is 16.5 Å². The van der Waals surface area contributed by atoms with Crippen LogP contribution in [0.3, 0.4) is 0 Å². The number of para-hydroxylation sites is 1. The first kappa shape index (κ1) is 10.1. The molecule has 0 aliphatic carbocycles. The molecule has 1 aromatic carbocycles. The molecule has 1 saturated heterocycles. The van der Waals surface area contributed by atoms with Gasteiger partial charge in [-0.3, -0.25) is 14.9 Å². The molecule has 0 spiro atoms. The van der Waals surface area contributed by atoms with Gasteiger partial charge in [0.05, 0.1) is 5.92 Å². The van der Waals surface area contributed by atoms with Crippen molar-refractivity contribution >= 4 is 22.7 Å². The average Bonchev–Trinajstić information content (AvgIpc) is 2.80. The molecule has 86 valence electrons. The number of aryl methyl sites for hydroxylation is 1. The van der Waals surface area contributed by atoms with E-state index in [1.54, 1.807) is 0 Å². The molecule has 1 aromatic heterocycles. The van der Waals surface area contributed by atoms with Gasteiger partial charge in [-0.05, 0) is 11.6 Å². The first-order valence-electron chi connectivity index (χ1n) is 5.54. The maximum absolute atomic E-state index is 11.7. The van der Waals surface area contributed by atoms with Crippen LogP contribution in [0.15, 0.2) is 30.5 Å². The highest BCUT2D eigenvalue weighted by Crippen LogP contribution is 2.31. The molecule has 0 saturated carbocycles. The molecular weight excluding hydrogens is 216 g/mol. The minimum Gasteiger partial charge on any atom is -0.350 e. The number of carbonyl (C=O) groups is 2. The van der Waals surface area contributed by atoms with E-state index in [1.165, 1.54) is 0 Å². The van der Waals surface area contributed by atoms with E-state index in [2.05, 4.69) is 5.32 Å². The number of carbonyl (C=O) groups excluding carboxylic acids is 2. The summed E-state index contributed by atoms with van der Waals surface area (Å²) in [5.74, 6) is -0.715. The van der Waals surface area contributed by atoms with Gasteiger partial charge >= 0.3 is 0 Å². The van der Waals surface area contributed by atoms with Gasteiger partial charge in [0, 0.05) is 30.6 Å². The molecule has 1 fully saturated rings. The highest BCUT2D eigenvalue weighted by molar-refractivity contribution is 6.07. The van der Waals surface area contributed by atoms with E-state index in [9.17, 15) is 9.59 Å². The van der Waals surface area contributed by atoms with Crippen molar-refractivity contribution in [2.24, 2.45) is 7.05 Å². The first-order valence-corrected chi connectivity index (χ1v) is 5.54. The van der Waals surface area contributed by atoms with Gasteiger partial charge < -0.3 is 4.57 Å². The van der Waals surface area contributed by atoms with Gasteiger partial charge in [-0.2, -0.15) is 0 Å². The van der Waals surface area contributed by atoms with Crippen LogP contribution in [0.25, 0.3) is 10.9 Å². The number of nitrogens with one attached hydrogen (secondary N) is 1. The maximum Gasteiger partial charge on any atom is 0.234 e. The number of rotatable bonds is 1. The van der Waals surface area contributed by atoms with Gasteiger partial charge in [0.25, 0.3) is 0 Å². The van der Waals surface area contributed by atoms with Crippen LogP contribution in [0.2, 0.25) is 0 Å². The van der Waals surface area contributed by atoms with Gasteiger partial charge in [0.2, 0.25) is 11.8 Å². The first-order chi connectivity index (χ1) is 8.16. The Morgan fingerprint density at radius 3 is 2.76 bits per heavy atom. The molecule has 0 radical (unpaired) electrons. The van der Waals surface area contributed by atoms with E-state index in [4.69, 9.17) is 0 Å². The molecule has 2 amide bonds. The summed E-state index contributed by atoms with van der Waals surface area (Å²) >= 11 is 0. The summed E-state index contributed by atoms with van der Waals surface area (Å²) in [6.07, 6.45) is 2.19. The van der Waals surface area contributed by atoms with Crippen molar-refractivity contribution in [1.29, 1.82) is 0 Å². The number of nitrogens with zero attached hydrogens (tertiary/aromatic N) is 1. The minimum atomic E-state index is -0.339. The van der Waals surface area contributed by atoms with E-state index in [0.29, 0.717) is 0 Å². The maximum atomic E-state index is 11.7. The zero-order valence-electron chi connectivity index (χ0n) is 9.43. The fraction of sp³-hybridized carbons (Fsp3) is 0.231. The summed E-state index contributed by atoms with van der Waals surface area (Å²) < 4.78 is 1.99. The molecule has 1 aliphatic heterocycles. The second kappa shape index (κ2) is 3.45. The highest BCUT2D eigenvalue weighted by Gasteiger charge is 2.33. The third-order valence-corrected chi connectivity index (χ3v) is 3.27. The molecule has 4 nitrogen and oxygen atoms in total. The molecule has 2 aromatic rings. The Morgan fingerprint density at radius 2 is 2.06 bits per heavy atom. The Bertz CT molecular complexity index is 627. The summed E-state index contributed by atoms with van der Waals surface area (Å²) in [7, 11) is 1.94. The molecule has 3 rings (SSSR count). The van der Waals surface area contributed by atoms with Crippen molar-refractivity contribution in [3.05, 3.63) is 36.0 Å². The number of benzene rings is 1. The SMILES string of the molecule is Cn1cc(C2CC(=O)NC2=O)c2ccccc21. The standard InChI is InChI=1S/C13H12N2O2/c1-15-7-10(8-4-2-3-5-11(8)15)9-6-12(16)14-13(9)17/h2-5,7,9H,6H2,1H3,(H,14,16,17). The Morgan fingerprint density at radius 1 is 1.29 bits per heavy atom. The van der Waals surface area contributed by atoms with Crippen LogP contribution >= 0.6 is 0 Å². The monoisotopic (exact) mass is 228 g/mol. The minimum absolute atomic E-state index is 0.187. The molecule has 4 heteroatoms. The zero-order valence-corrected chi connectivity index (χ0v) is 9.43. The Hall–Kier alpha value is -2.10. The molecule has 2 heterocycles. The summed E-state index contributed by atoms with van der Waals surface area (Å²) in [5, 5.41) is 3.40. The third kappa shape index (κ3) is 1.45. The van der Waals surface area contributed by atoms with Gasteiger partial charge in [-0.15, -0.1) is 0 Å². The van der Waals surface area contributed by atoms with Crippen molar-refractivity contribution in [3.8, 4) is 0 Å². The fourth-order valence-corrected chi connectivity index (χ4v) is 2.46. The van der Waals surface area contributed by atoms with Gasteiger partial charge in [0.15, 0.2) is 0 Å². The van der Waals surface area contributed by atoms with Crippen LogP contribution in [0, 0.1) is 0 Å². The zero-order chi connectivity index (χ0) is 12.0. The van der Waals surface area contributed by atoms with E-state index >= 15 is 0 Å². The van der Waals surface area contributed by atoms with Crippen LogP contribution in [-0.2, 0) is 16.6 Å². The van der Waals surface area contributed by atoms with Crippen molar-refractivity contribution in [2.45, 2.75) is 12.3 Å². The molecular formula is C13H12N2O2. The number of imide groups is 1. The number of hydrogen-bond acceptors (Lipinski definition) is 2. The van der Waals surface area contributed by atoms with Crippen molar-refractivity contribution in [3.63, 3.8) is 0 Å². The Labute approximate surface area is 98.2 Å². The quantitative estimate of drug-likeness (QED) is 0.748. The van der Waals surface area contributed by atoms with Crippen molar-refractivity contribution in [1.82, 2.24) is 9.88 Å². The number of fused-ring (bicyclic) bond motifs is 1. The number of hydrogen-bond donors (Lipinski definition) is 1. The largest absolute Gasteiger partial charge is 0.350 e. The lowest BCUT2D eigenvalue weighted by Crippen LogP contribution is -2.21. The topological polar surface area (TPSA) is 51.1 Å². The van der Waals surface area contributed by atoms with Crippen LogP contribution in [-0.4, -0.2) is 16.4 Å². The van der Waals surface area contributed by atoms with Gasteiger partial charge in [0.1, 0.15) is 0 Å². The summed E-state index contributed by atoms with van der Waals surface area (Å²) in [5.41, 5.74) is 2.01.